The number of hydrogen-bond acceptors (Lipinski definition) is 7. The minimum atomic E-state index is -1.38. The van der Waals surface area contributed by atoms with Crippen LogP contribution in [0.2, 0.25) is 0 Å². The molecule has 0 radical (unpaired) electrons. The number of rotatable bonds is 14. The standard InChI is InChI=1S/C17H30N4O7S/c1-9(2)14(21-15(25)10(18)6-7-29-3)16(26)19-8-12(22)20-11(17(27)28)4-5-13(23)24/h9-11,14H,4-8,18H2,1-3H3,(H,19,26)(H,20,22)(H,21,25)(H,23,24)(H,27,28). The number of hydrogen-bond donors (Lipinski definition) is 6. The molecule has 3 atom stereocenters. The lowest BCUT2D eigenvalue weighted by molar-refractivity contribution is -0.143. The van der Waals surface area contributed by atoms with Gasteiger partial charge in [-0.05, 0) is 30.8 Å². The molecule has 166 valence electrons. The molecule has 0 aliphatic rings. The highest BCUT2D eigenvalue weighted by Crippen LogP contribution is 2.04. The predicted molar refractivity (Wildman–Crippen MR) is 107 cm³/mol. The summed E-state index contributed by atoms with van der Waals surface area (Å²) in [6.07, 6.45) is 1.62. The molecule has 3 amide bonds. The van der Waals surface area contributed by atoms with E-state index in [1.807, 2.05) is 6.26 Å². The van der Waals surface area contributed by atoms with Crippen LogP contribution in [0.1, 0.15) is 33.1 Å². The second kappa shape index (κ2) is 13.8. The van der Waals surface area contributed by atoms with Gasteiger partial charge in [-0.15, -0.1) is 0 Å². The van der Waals surface area contributed by atoms with E-state index in [9.17, 15) is 24.0 Å². The minimum absolute atomic E-state index is 0.280. The molecule has 0 spiro atoms. The molecule has 0 aromatic carbocycles. The Morgan fingerprint density at radius 1 is 1.00 bits per heavy atom. The number of thioether (sulfide) groups is 1. The zero-order valence-corrected chi connectivity index (χ0v) is 17.6. The van der Waals surface area contributed by atoms with Crippen molar-refractivity contribution in [2.45, 2.75) is 51.2 Å². The first-order valence-electron chi connectivity index (χ1n) is 9.06. The van der Waals surface area contributed by atoms with Crippen LogP contribution in [-0.2, 0) is 24.0 Å². The molecule has 0 saturated carbocycles. The van der Waals surface area contributed by atoms with Crippen LogP contribution in [0.3, 0.4) is 0 Å². The van der Waals surface area contributed by atoms with Crippen molar-refractivity contribution in [1.82, 2.24) is 16.0 Å². The summed E-state index contributed by atoms with van der Waals surface area (Å²) >= 11 is 1.54. The SMILES string of the molecule is CSCCC(N)C(=O)NC(C(=O)NCC(=O)NC(CCC(=O)O)C(=O)O)C(C)C. The third-order valence-corrected chi connectivity index (χ3v) is 4.56. The van der Waals surface area contributed by atoms with E-state index in [2.05, 4.69) is 16.0 Å². The van der Waals surface area contributed by atoms with Crippen molar-refractivity contribution in [1.29, 1.82) is 0 Å². The van der Waals surface area contributed by atoms with Crippen LogP contribution < -0.4 is 21.7 Å². The number of aliphatic carboxylic acids is 2. The van der Waals surface area contributed by atoms with Crippen molar-refractivity contribution < 1.29 is 34.2 Å². The van der Waals surface area contributed by atoms with E-state index in [-0.39, 0.29) is 12.3 Å². The molecular weight excluding hydrogens is 404 g/mol. The Kier molecular flexibility index (Phi) is 12.7. The van der Waals surface area contributed by atoms with Gasteiger partial charge in [0.05, 0.1) is 12.6 Å². The predicted octanol–water partition coefficient (Wildman–Crippen LogP) is -1.24. The topological polar surface area (TPSA) is 188 Å². The average Bonchev–Trinajstić information content (AvgIpc) is 2.64. The number of amides is 3. The zero-order chi connectivity index (χ0) is 22.6. The van der Waals surface area contributed by atoms with E-state index < -0.39 is 60.8 Å². The number of carboxylic acids is 2. The third-order valence-electron chi connectivity index (χ3n) is 3.92. The largest absolute Gasteiger partial charge is 0.481 e. The first kappa shape index (κ1) is 26.7. The molecule has 11 nitrogen and oxygen atoms in total. The van der Waals surface area contributed by atoms with Gasteiger partial charge >= 0.3 is 11.9 Å². The molecule has 7 N–H and O–H groups in total. The second-order valence-electron chi connectivity index (χ2n) is 6.73. The van der Waals surface area contributed by atoms with Crippen molar-refractivity contribution in [2.75, 3.05) is 18.6 Å². The van der Waals surface area contributed by atoms with Crippen molar-refractivity contribution in [3.63, 3.8) is 0 Å². The number of nitrogens with one attached hydrogen (secondary N) is 3. The van der Waals surface area contributed by atoms with Crippen LogP contribution in [-0.4, -0.2) is 76.6 Å². The van der Waals surface area contributed by atoms with E-state index in [0.29, 0.717) is 12.2 Å². The third kappa shape index (κ3) is 11.3. The molecule has 0 aliphatic heterocycles. The van der Waals surface area contributed by atoms with E-state index >= 15 is 0 Å². The van der Waals surface area contributed by atoms with Crippen molar-refractivity contribution >= 4 is 41.4 Å². The van der Waals surface area contributed by atoms with E-state index in [1.165, 1.54) is 0 Å². The molecule has 0 aliphatic carbocycles. The van der Waals surface area contributed by atoms with E-state index in [0.717, 1.165) is 0 Å². The van der Waals surface area contributed by atoms with Crippen LogP contribution in [0, 0.1) is 5.92 Å². The van der Waals surface area contributed by atoms with Gasteiger partial charge in [-0.25, -0.2) is 4.79 Å². The van der Waals surface area contributed by atoms with Gasteiger partial charge < -0.3 is 31.9 Å². The summed E-state index contributed by atoms with van der Waals surface area (Å²) in [6.45, 7) is 2.90. The van der Waals surface area contributed by atoms with Crippen LogP contribution >= 0.6 is 11.8 Å². The Hall–Kier alpha value is -2.34. The Morgan fingerprint density at radius 3 is 2.10 bits per heavy atom. The normalized spacial score (nSPS) is 13.8. The highest BCUT2D eigenvalue weighted by Gasteiger charge is 2.27. The quantitative estimate of drug-likeness (QED) is 0.194. The number of carbonyl (C=O) groups is 5. The molecular formula is C17H30N4O7S. The molecule has 12 heteroatoms. The van der Waals surface area contributed by atoms with Crippen molar-refractivity contribution in [3.05, 3.63) is 0 Å². The Bertz CT molecular complexity index is 600. The molecule has 0 fully saturated rings. The average molecular weight is 435 g/mol. The molecule has 3 unspecified atom stereocenters. The summed E-state index contributed by atoms with van der Waals surface area (Å²) in [5.41, 5.74) is 5.79. The van der Waals surface area contributed by atoms with Crippen molar-refractivity contribution in [3.8, 4) is 0 Å². The van der Waals surface area contributed by atoms with Gasteiger partial charge in [-0.1, -0.05) is 13.8 Å². The maximum absolute atomic E-state index is 12.4. The van der Waals surface area contributed by atoms with Gasteiger partial charge in [-0.2, -0.15) is 11.8 Å². The Balaban J connectivity index is 4.70. The molecule has 0 heterocycles. The molecule has 0 saturated heterocycles. The zero-order valence-electron chi connectivity index (χ0n) is 16.8. The number of nitrogens with two attached hydrogens (primary N) is 1. The fourth-order valence-electron chi connectivity index (χ4n) is 2.22. The smallest absolute Gasteiger partial charge is 0.326 e. The highest BCUT2D eigenvalue weighted by molar-refractivity contribution is 7.98. The summed E-state index contributed by atoms with van der Waals surface area (Å²) in [4.78, 5) is 58.0. The van der Waals surface area contributed by atoms with Crippen LogP contribution in [0.15, 0.2) is 0 Å². The van der Waals surface area contributed by atoms with Gasteiger partial charge in [0.1, 0.15) is 12.1 Å². The summed E-state index contributed by atoms with van der Waals surface area (Å²) in [5.74, 6) is -4.03. The minimum Gasteiger partial charge on any atom is -0.481 e. The molecule has 0 bridgehead atoms. The highest BCUT2D eigenvalue weighted by atomic mass is 32.2. The number of carbonyl (C=O) groups excluding carboxylic acids is 3. The lowest BCUT2D eigenvalue weighted by atomic mass is 10.0. The lowest BCUT2D eigenvalue weighted by Gasteiger charge is -2.23. The van der Waals surface area contributed by atoms with Gasteiger partial charge in [0.2, 0.25) is 17.7 Å². The van der Waals surface area contributed by atoms with E-state index in [1.54, 1.807) is 25.6 Å². The summed E-state index contributed by atoms with van der Waals surface area (Å²) in [6, 6.07) is -3.06. The second-order valence-corrected chi connectivity index (χ2v) is 7.71. The van der Waals surface area contributed by atoms with Gasteiger partial charge in [0.15, 0.2) is 0 Å². The number of carboxylic acid groups (broad SMARTS) is 2. The van der Waals surface area contributed by atoms with Crippen LogP contribution in [0.4, 0.5) is 0 Å². The maximum atomic E-state index is 12.4. The van der Waals surface area contributed by atoms with Gasteiger partial charge in [0, 0.05) is 6.42 Å². The monoisotopic (exact) mass is 434 g/mol. The maximum Gasteiger partial charge on any atom is 0.326 e. The summed E-state index contributed by atoms with van der Waals surface area (Å²) in [7, 11) is 0. The molecule has 0 aromatic heterocycles. The lowest BCUT2D eigenvalue weighted by Crippen LogP contribution is -2.55. The van der Waals surface area contributed by atoms with Gasteiger partial charge in [-0.3, -0.25) is 19.2 Å². The summed E-state index contributed by atoms with van der Waals surface area (Å²) < 4.78 is 0. The van der Waals surface area contributed by atoms with Crippen LogP contribution in [0.25, 0.3) is 0 Å². The Morgan fingerprint density at radius 2 is 1.62 bits per heavy atom. The van der Waals surface area contributed by atoms with Gasteiger partial charge in [0.25, 0.3) is 0 Å². The fraction of sp³-hybridized carbons (Fsp3) is 0.706. The molecule has 0 aromatic rings. The Labute approximate surface area is 173 Å². The van der Waals surface area contributed by atoms with Crippen LogP contribution in [0.5, 0.6) is 0 Å². The molecule has 0 rings (SSSR count). The first-order chi connectivity index (χ1) is 13.5. The molecule has 29 heavy (non-hydrogen) atoms. The fourth-order valence-corrected chi connectivity index (χ4v) is 2.71. The van der Waals surface area contributed by atoms with Crippen molar-refractivity contribution in [2.24, 2.45) is 11.7 Å². The first-order valence-corrected chi connectivity index (χ1v) is 10.5. The van der Waals surface area contributed by atoms with E-state index in [4.69, 9.17) is 15.9 Å². The summed E-state index contributed by atoms with van der Waals surface area (Å²) in [5, 5.41) is 24.7.